The minimum atomic E-state index is -3.37. The third-order valence-corrected chi connectivity index (χ3v) is 5.32. The zero-order valence-corrected chi connectivity index (χ0v) is 13.1. The Hall–Kier alpha value is -1.35. The first-order chi connectivity index (χ1) is 9.88. The fraction of sp³-hybridized carbons (Fsp3) is 0.833. The molecule has 0 aromatic heterocycles. The lowest BCUT2D eigenvalue weighted by Gasteiger charge is -2.29. The van der Waals surface area contributed by atoms with E-state index in [2.05, 4.69) is 15.2 Å². The van der Waals surface area contributed by atoms with E-state index < -0.39 is 15.4 Å². The minimum Gasteiger partial charge on any atom is -0.409 e. The van der Waals surface area contributed by atoms with Gasteiger partial charge in [-0.1, -0.05) is 30.8 Å². The maximum Gasteiger partial charge on any atom is 0.233 e. The molecule has 0 aromatic rings. The molecule has 122 valence electrons. The molecule has 0 saturated heterocycles. The maximum atomic E-state index is 12.4. The number of oxime groups is 1. The van der Waals surface area contributed by atoms with Crippen LogP contribution in [0.3, 0.4) is 0 Å². The van der Waals surface area contributed by atoms with Crippen LogP contribution in [0.15, 0.2) is 5.16 Å². The summed E-state index contributed by atoms with van der Waals surface area (Å²) in [4.78, 5) is 12.4. The molecule has 8 nitrogen and oxygen atoms in total. The molecule has 9 heteroatoms. The SMILES string of the molecule is CNS(=O)(=O)CCNC(=O)C1(C(N)=NO)CCCCCC1. The predicted octanol–water partition coefficient (Wildman–Crippen LogP) is -0.261. The minimum absolute atomic E-state index is 0.0114. The Kier molecular flexibility index (Phi) is 6.41. The van der Waals surface area contributed by atoms with Gasteiger partial charge in [0.15, 0.2) is 5.84 Å². The molecular weight excluding hydrogens is 296 g/mol. The number of amides is 1. The van der Waals surface area contributed by atoms with E-state index in [4.69, 9.17) is 10.9 Å². The molecule has 0 spiro atoms. The Morgan fingerprint density at radius 1 is 1.29 bits per heavy atom. The number of rotatable bonds is 6. The Morgan fingerprint density at radius 3 is 2.33 bits per heavy atom. The third kappa shape index (κ3) is 4.57. The van der Waals surface area contributed by atoms with E-state index in [0.717, 1.165) is 25.7 Å². The van der Waals surface area contributed by atoms with Crippen LogP contribution in [0.4, 0.5) is 0 Å². The molecule has 0 bridgehead atoms. The van der Waals surface area contributed by atoms with Gasteiger partial charge < -0.3 is 16.3 Å². The number of nitrogens with two attached hydrogens (primary N) is 1. The summed E-state index contributed by atoms with van der Waals surface area (Å²) < 4.78 is 24.8. The molecule has 0 aliphatic heterocycles. The number of hydrogen-bond donors (Lipinski definition) is 4. The lowest BCUT2D eigenvalue weighted by molar-refractivity contribution is -0.128. The number of nitrogens with one attached hydrogen (secondary N) is 2. The van der Waals surface area contributed by atoms with Gasteiger partial charge in [0.25, 0.3) is 0 Å². The molecule has 0 aromatic carbocycles. The van der Waals surface area contributed by atoms with Gasteiger partial charge in [-0.2, -0.15) is 0 Å². The van der Waals surface area contributed by atoms with Crippen molar-refractivity contribution >= 4 is 21.8 Å². The fourth-order valence-corrected chi connectivity index (χ4v) is 3.17. The van der Waals surface area contributed by atoms with Crippen molar-refractivity contribution in [3.8, 4) is 0 Å². The van der Waals surface area contributed by atoms with Crippen molar-refractivity contribution in [1.29, 1.82) is 0 Å². The van der Waals surface area contributed by atoms with Crippen molar-refractivity contribution in [3.05, 3.63) is 0 Å². The van der Waals surface area contributed by atoms with Gasteiger partial charge >= 0.3 is 0 Å². The van der Waals surface area contributed by atoms with Crippen LogP contribution < -0.4 is 15.8 Å². The van der Waals surface area contributed by atoms with Crippen LogP contribution in [0.2, 0.25) is 0 Å². The van der Waals surface area contributed by atoms with Crippen molar-refractivity contribution in [2.24, 2.45) is 16.3 Å². The average molecular weight is 320 g/mol. The monoisotopic (exact) mass is 320 g/mol. The number of nitrogens with zero attached hydrogens (tertiary/aromatic N) is 1. The lowest BCUT2D eigenvalue weighted by atomic mass is 9.78. The smallest absolute Gasteiger partial charge is 0.233 e. The summed E-state index contributed by atoms with van der Waals surface area (Å²) in [5.41, 5.74) is 4.71. The molecule has 1 fully saturated rings. The number of carbonyl (C=O) groups excluding carboxylic acids is 1. The molecule has 5 N–H and O–H groups in total. The summed E-state index contributed by atoms with van der Waals surface area (Å²) in [6.07, 6.45) is 4.65. The van der Waals surface area contributed by atoms with Gasteiger partial charge in [-0.05, 0) is 19.9 Å². The molecule has 1 saturated carbocycles. The molecule has 0 unspecified atom stereocenters. The average Bonchev–Trinajstić information content (AvgIpc) is 2.73. The summed E-state index contributed by atoms with van der Waals surface area (Å²) >= 11 is 0. The Balaban J connectivity index is 2.77. The molecule has 1 amide bonds. The molecule has 1 aliphatic carbocycles. The lowest BCUT2D eigenvalue weighted by Crippen LogP contribution is -2.50. The summed E-state index contributed by atoms with van der Waals surface area (Å²) in [6.45, 7) is -0.0114. The van der Waals surface area contributed by atoms with Crippen LogP contribution in [-0.2, 0) is 14.8 Å². The van der Waals surface area contributed by atoms with Crippen molar-refractivity contribution in [3.63, 3.8) is 0 Å². The molecule has 1 rings (SSSR count). The topological polar surface area (TPSA) is 134 Å². The zero-order chi connectivity index (χ0) is 15.9. The molecular formula is C12H24N4O4S. The van der Waals surface area contributed by atoms with Crippen LogP contribution in [0.25, 0.3) is 0 Å². The van der Waals surface area contributed by atoms with E-state index in [1.807, 2.05) is 0 Å². The number of amidine groups is 1. The van der Waals surface area contributed by atoms with Crippen molar-refractivity contribution < 1.29 is 18.4 Å². The van der Waals surface area contributed by atoms with E-state index in [0.29, 0.717) is 12.8 Å². The number of sulfonamides is 1. The van der Waals surface area contributed by atoms with Crippen molar-refractivity contribution in [2.45, 2.75) is 38.5 Å². The molecule has 0 heterocycles. The van der Waals surface area contributed by atoms with E-state index in [9.17, 15) is 13.2 Å². The van der Waals surface area contributed by atoms with Crippen LogP contribution >= 0.6 is 0 Å². The van der Waals surface area contributed by atoms with Gasteiger partial charge in [-0.25, -0.2) is 13.1 Å². The van der Waals surface area contributed by atoms with Gasteiger partial charge in [0, 0.05) is 6.54 Å². The second-order valence-corrected chi connectivity index (χ2v) is 7.31. The van der Waals surface area contributed by atoms with Crippen LogP contribution in [-0.4, -0.2) is 44.7 Å². The number of carbonyl (C=O) groups is 1. The normalized spacial score (nSPS) is 19.8. The Morgan fingerprint density at radius 2 is 1.86 bits per heavy atom. The zero-order valence-electron chi connectivity index (χ0n) is 12.3. The van der Waals surface area contributed by atoms with Crippen molar-refractivity contribution in [1.82, 2.24) is 10.0 Å². The second-order valence-electron chi connectivity index (χ2n) is 5.26. The van der Waals surface area contributed by atoms with E-state index in [1.165, 1.54) is 7.05 Å². The summed E-state index contributed by atoms with van der Waals surface area (Å²) in [5.74, 6) is -0.675. The first-order valence-electron chi connectivity index (χ1n) is 7.05. The van der Waals surface area contributed by atoms with E-state index in [-0.39, 0.29) is 24.0 Å². The third-order valence-electron chi connectivity index (χ3n) is 3.96. The van der Waals surface area contributed by atoms with Gasteiger partial charge in [0.05, 0.1) is 5.75 Å². The molecule has 0 radical (unpaired) electrons. The van der Waals surface area contributed by atoms with Crippen molar-refractivity contribution in [2.75, 3.05) is 19.3 Å². The number of hydrogen-bond acceptors (Lipinski definition) is 5. The van der Waals surface area contributed by atoms with Gasteiger partial charge in [-0.3, -0.25) is 4.79 Å². The highest BCUT2D eigenvalue weighted by molar-refractivity contribution is 7.89. The van der Waals surface area contributed by atoms with Crippen LogP contribution in [0, 0.1) is 5.41 Å². The van der Waals surface area contributed by atoms with E-state index in [1.54, 1.807) is 0 Å². The molecule has 0 atom stereocenters. The second kappa shape index (κ2) is 7.60. The highest BCUT2D eigenvalue weighted by Crippen LogP contribution is 2.35. The first kappa shape index (κ1) is 17.7. The van der Waals surface area contributed by atoms with Crippen LogP contribution in [0.5, 0.6) is 0 Å². The quantitative estimate of drug-likeness (QED) is 0.176. The predicted molar refractivity (Wildman–Crippen MR) is 79.4 cm³/mol. The summed E-state index contributed by atoms with van der Waals surface area (Å²) in [6, 6.07) is 0. The highest BCUT2D eigenvalue weighted by Gasteiger charge is 2.42. The van der Waals surface area contributed by atoms with Crippen LogP contribution in [0.1, 0.15) is 38.5 Å². The Labute approximate surface area is 125 Å². The van der Waals surface area contributed by atoms with Gasteiger partial charge in [0.2, 0.25) is 15.9 Å². The first-order valence-corrected chi connectivity index (χ1v) is 8.71. The fourth-order valence-electron chi connectivity index (χ4n) is 2.60. The summed E-state index contributed by atoms with van der Waals surface area (Å²) in [7, 11) is -2.05. The summed E-state index contributed by atoms with van der Waals surface area (Å²) in [5, 5.41) is 14.6. The largest absolute Gasteiger partial charge is 0.409 e. The van der Waals surface area contributed by atoms with Gasteiger partial charge in [-0.15, -0.1) is 0 Å². The standard InChI is InChI=1S/C12H24N4O4S/c1-14-21(19,20)9-8-15-11(17)12(10(13)16-18)6-4-2-3-5-7-12/h14,18H,2-9H2,1H3,(H2,13,16)(H,15,17). The van der Waals surface area contributed by atoms with E-state index >= 15 is 0 Å². The molecule has 21 heavy (non-hydrogen) atoms. The highest BCUT2D eigenvalue weighted by atomic mass is 32.2. The Bertz CT molecular complexity index is 481. The molecule has 1 aliphatic rings. The van der Waals surface area contributed by atoms with Gasteiger partial charge in [0.1, 0.15) is 5.41 Å². The maximum absolute atomic E-state index is 12.4.